The first-order valence-corrected chi connectivity index (χ1v) is 9.70. The normalized spacial score (nSPS) is 16.7. The number of benzene rings is 1. The van der Waals surface area contributed by atoms with E-state index in [4.69, 9.17) is 49.3 Å². The lowest BCUT2D eigenvalue weighted by atomic mass is 10.2. The second-order valence-corrected chi connectivity index (χ2v) is 7.46. The lowest BCUT2D eigenvalue weighted by Crippen LogP contribution is -2.15. The van der Waals surface area contributed by atoms with Crippen LogP contribution in [-0.4, -0.2) is 27.5 Å². The fraction of sp³-hybridized carbons (Fsp3) is 0.333. The summed E-state index contributed by atoms with van der Waals surface area (Å²) >= 11 is 17.4. The largest absolute Gasteiger partial charge is 0.484 e. The van der Waals surface area contributed by atoms with Crippen molar-refractivity contribution < 1.29 is 13.9 Å². The van der Waals surface area contributed by atoms with Gasteiger partial charge in [-0.25, -0.2) is 0 Å². The van der Waals surface area contributed by atoms with Crippen molar-refractivity contribution in [2.45, 2.75) is 32.1 Å². The summed E-state index contributed by atoms with van der Waals surface area (Å²) in [6, 6.07) is 8.77. The van der Waals surface area contributed by atoms with Crippen LogP contribution in [0, 0.1) is 4.77 Å². The van der Waals surface area contributed by atoms with Crippen molar-refractivity contribution in [3.63, 3.8) is 0 Å². The summed E-state index contributed by atoms with van der Waals surface area (Å²) in [6.07, 6.45) is 2.24. The molecule has 9 heteroatoms. The first-order chi connectivity index (χ1) is 13.1. The molecule has 0 spiro atoms. The van der Waals surface area contributed by atoms with Gasteiger partial charge in [-0.3, -0.25) is 9.67 Å². The van der Waals surface area contributed by atoms with E-state index in [2.05, 4.69) is 10.2 Å². The number of ether oxygens (including phenoxy) is 2. The summed E-state index contributed by atoms with van der Waals surface area (Å²) in [7, 11) is 0. The average molecular weight is 426 g/mol. The van der Waals surface area contributed by atoms with Crippen LogP contribution in [-0.2, 0) is 17.9 Å². The summed E-state index contributed by atoms with van der Waals surface area (Å²) in [5.41, 5.74) is 0. The molecule has 1 aromatic carbocycles. The minimum absolute atomic E-state index is 0.151. The van der Waals surface area contributed by atoms with Crippen LogP contribution in [0.5, 0.6) is 5.75 Å². The standard InChI is InChI=1S/C18H17Cl2N3O3S/c19-11-3-5-15(14(20)8-11)25-10-13-4-6-16(26-13)17-21-22-18(27)23(17)9-12-2-1-7-24-12/h3-6,8,12H,1-2,7,9-10H2,(H,22,27)/t12-/m0/s1. The maximum absolute atomic E-state index is 6.12. The second kappa shape index (κ2) is 8.06. The van der Waals surface area contributed by atoms with E-state index in [1.54, 1.807) is 18.2 Å². The van der Waals surface area contributed by atoms with Gasteiger partial charge in [0.05, 0.1) is 17.7 Å². The van der Waals surface area contributed by atoms with Gasteiger partial charge >= 0.3 is 0 Å². The molecule has 4 rings (SSSR count). The van der Waals surface area contributed by atoms with Crippen molar-refractivity contribution in [2.75, 3.05) is 6.61 Å². The number of hydrogen-bond donors (Lipinski definition) is 1. The van der Waals surface area contributed by atoms with Crippen molar-refractivity contribution in [1.29, 1.82) is 0 Å². The van der Waals surface area contributed by atoms with Gasteiger partial charge in [0.2, 0.25) is 0 Å². The monoisotopic (exact) mass is 425 g/mol. The van der Waals surface area contributed by atoms with Gasteiger partial charge in [0, 0.05) is 11.6 Å². The molecule has 0 saturated carbocycles. The van der Waals surface area contributed by atoms with Crippen LogP contribution in [0.3, 0.4) is 0 Å². The van der Waals surface area contributed by atoms with Crippen LogP contribution in [0.1, 0.15) is 18.6 Å². The van der Waals surface area contributed by atoms with E-state index in [1.165, 1.54) is 0 Å². The average Bonchev–Trinajstić information content (AvgIpc) is 3.37. The number of halogens is 2. The van der Waals surface area contributed by atoms with E-state index >= 15 is 0 Å². The number of hydrogen-bond acceptors (Lipinski definition) is 5. The number of nitrogens with one attached hydrogen (secondary N) is 1. The molecule has 0 aliphatic carbocycles. The van der Waals surface area contributed by atoms with E-state index in [0.29, 0.717) is 44.5 Å². The van der Waals surface area contributed by atoms with Gasteiger partial charge in [0.1, 0.15) is 18.1 Å². The maximum Gasteiger partial charge on any atom is 0.198 e. The molecule has 0 amide bonds. The zero-order valence-corrected chi connectivity index (χ0v) is 16.6. The smallest absolute Gasteiger partial charge is 0.198 e. The number of aromatic amines is 1. The van der Waals surface area contributed by atoms with Gasteiger partial charge in [-0.05, 0) is 55.4 Å². The molecule has 6 nitrogen and oxygen atoms in total. The van der Waals surface area contributed by atoms with Crippen molar-refractivity contribution in [1.82, 2.24) is 14.8 Å². The molecule has 0 bridgehead atoms. The molecule has 1 aliphatic rings. The minimum Gasteiger partial charge on any atom is -0.484 e. The molecule has 1 atom stereocenters. The Morgan fingerprint density at radius 2 is 2.19 bits per heavy atom. The van der Waals surface area contributed by atoms with E-state index in [1.807, 2.05) is 16.7 Å². The third-order valence-corrected chi connectivity index (χ3v) is 5.16. The lowest BCUT2D eigenvalue weighted by Gasteiger charge is -2.11. The Morgan fingerprint density at radius 3 is 2.96 bits per heavy atom. The van der Waals surface area contributed by atoms with E-state index in [-0.39, 0.29) is 12.7 Å². The SMILES string of the molecule is S=c1[nH]nc(-c2ccc(COc3ccc(Cl)cc3Cl)o2)n1C[C@@H]1CCCO1. The topological polar surface area (TPSA) is 65.2 Å². The number of aromatic nitrogens is 3. The van der Waals surface area contributed by atoms with Crippen LogP contribution in [0.4, 0.5) is 0 Å². The molecule has 142 valence electrons. The summed E-state index contributed by atoms with van der Waals surface area (Å²) < 4.78 is 19.8. The number of H-pyrrole nitrogens is 1. The number of rotatable bonds is 6. The number of furan rings is 1. The third kappa shape index (κ3) is 4.21. The highest BCUT2D eigenvalue weighted by Crippen LogP contribution is 2.29. The summed E-state index contributed by atoms with van der Waals surface area (Å²) in [4.78, 5) is 0. The van der Waals surface area contributed by atoms with Crippen molar-refractivity contribution in [2.24, 2.45) is 0 Å². The van der Waals surface area contributed by atoms with E-state index in [9.17, 15) is 0 Å². The quantitative estimate of drug-likeness (QED) is 0.545. The second-order valence-electron chi connectivity index (χ2n) is 6.23. The minimum atomic E-state index is 0.151. The summed E-state index contributed by atoms with van der Waals surface area (Å²) in [6.45, 7) is 1.68. The summed E-state index contributed by atoms with van der Waals surface area (Å²) in [5.74, 6) is 2.45. The van der Waals surface area contributed by atoms with Crippen LogP contribution < -0.4 is 4.74 Å². The molecular weight excluding hydrogens is 409 g/mol. The molecule has 1 aliphatic heterocycles. The summed E-state index contributed by atoms with van der Waals surface area (Å²) in [5, 5.41) is 8.14. The van der Waals surface area contributed by atoms with Crippen LogP contribution in [0.25, 0.3) is 11.6 Å². The zero-order chi connectivity index (χ0) is 18.8. The molecule has 1 N–H and O–H groups in total. The first-order valence-electron chi connectivity index (χ1n) is 8.54. The molecule has 1 fully saturated rings. The van der Waals surface area contributed by atoms with Crippen molar-refractivity contribution in [3.05, 3.63) is 50.9 Å². The Balaban J connectivity index is 1.48. The van der Waals surface area contributed by atoms with Crippen molar-refractivity contribution >= 4 is 35.4 Å². The van der Waals surface area contributed by atoms with Crippen LogP contribution in [0.2, 0.25) is 10.0 Å². The fourth-order valence-electron chi connectivity index (χ4n) is 2.98. The Hall–Kier alpha value is -1.80. The Labute approximate surface area is 171 Å². The Bertz CT molecular complexity index is 992. The molecule has 0 radical (unpaired) electrons. The van der Waals surface area contributed by atoms with Gasteiger partial charge in [-0.15, -0.1) is 0 Å². The first kappa shape index (κ1) is 18.6. The van der Waals surface area contributed by atoms with E-state index < -0.39 is 0 Å². The lowest BCUT2D eigenvalue weighted by molar-refractivity contribution is 0.0969. The highest BCUT2D eigenvalue weighted by molar-refractivity contribution is 7.71. The van der Waals surface area contributed by atoms with E-state index in [0.717, 1.165) is 19.4 Å². The van der Waals surface area contributed by atoms with Gasteiger partial charge in [-0.1, -0.05) is 23.2 Å². The van der Waals surface area contributed by atoms with Gasteiger partial charge in [0.25, 0.3) is 0 Å². The predicted molar refractivity (Wildman–Crippen MR) is 105 cm³/mol. The molecule has 3 aromatic rings. The molecule has 2 aromatic heterocycles. The molecule has 3 heterocycles. The van der Waals surface area contributed by atoms with Crippen LogP contribution >= 0.6 is 35.4 Å². The molecular formula is C18H17Cl2N3O3S. The Kier molecular flexibility index (Phi) is 5.54. The molecule has 27 heavy (non-hydrogen) atoms. The molecule has 0 unspecified atom stereocenters. The van der Waals surface area contributed by atoms with Gasteiger partial charge < -0.3 is 13.9 Å². The maximum atomic E-state index is 6.12. The van der Waals surface area contributed by atoms with Gasteiger partial charge in [0.15, 0.2) is 16.4 Å². The third-order valence-electron chi connectivity index (χ3n) is 4.31. The highest BCUT2D eigenvalue weighted by Gasteiger charge is 2.20. The predicted octanol–water partition coefficient (Wildman–Crippen LogP) is 5.27. The zero-order valence-electron chi connectivity index (χ0n) is 14.3. The Morgan fingerprint density at radius 1 is 1.30 bits per heavy atom. The number of nitrogens with zero attached hydrogens (tertiary/aromatic N) is 2. The fourth-order valence-corrected chi connectivity index (χ4v) is 3.65. The van der Waals surface area contributed by atoms with Crippen molar-refractivity contribution in [3.8, 4) is 17.3 Å². The highest BCUT2D eigenvalue weighted by atomic mass is 35.5. The molecule has 1 saturated heterocycles. The van der Waals surface area contributed by atoms with Crippen LogP contribution in [0.15, 0.2) is 34.7 Å². The van der Waals surface area contributed by atoms with Gasteiger partial charge in [-0.2, -0.15) is 5.10 Å².